The Kier molecular flexibility index (Phi) is 5.90. The van der Waals surface area contributed by atoms with Gasteiger partial charge in [0.25, 0.3) is 5.91 Å². The topological polar surface area (TPSA) is 103 Å². The highest BCUT2D eigenvalue weighted by Crippen LogP contribution is 2.32. The number of nitrogens with zero attached hydrogens (tertiary/aromatic N) is 3. The molecule has 176 valence electrons. The number of amides is 1. The Morgan fingerprint density at radius 2 is 2.03 bits per heavy atom. The summed E-state index contributed by atoms with van der Waals surface area (Å²) in [6.45, 7) is 7.09. The van der Waals surface area contributed by atoms with Gasteiger partial charge in [0, 0.05) is 24.7 Å². The SMILES string of the molecule is CC[C@H](C)n1nc(-c2cccc(OC(C)F)c2)c2ncc(C(=O)NC3(C)CS(=O)(=O)C3)cc21. The van der Waals surface area contributed by atoms with Gasteiger partial charge in [-0.05, 0) is 38.5 Å². The van der Waals surface area contributed by atoms with Crippen molar-refractivity contribution in [3.63, 3.8) is 0 Å². The van der Waals surface area contributed by atoms with E-state index < -0.39 is 21.7 Å². The van der Waals surface area contributed by atoms with Gasteiger partial charge >= 0.3 is 0 Å². The Morgan fingerprint density at radius 1 is 1.30 bits per heavy atom. The van der Waals surface area contributed by atoms with Crippen LogP contribution in [0.5, 0.6) is 5.75 Å². The zero-order chi connectivity index (χ0) is 24.0. The molecule has 1 aliphatic heterocycles. The summed E-state index contributed by atoms with van der Waals surface area (Å²) in [6, 6.07) is 8.75. The van der Waals surface area contributed by atoms with E-state index in [0.717, 1.165) is 12.0 Å². The summed E-state index contributed by atoms with van der Waals surface area (Å²) >= 11 is 0. The molecule has 1 saturated heterocycles. The van der Waals surface area contributed by atoms with Crippen molar-refractivity contribution in [1.82, 2.24) is 20.1 Å². The Morgan fingerprint density at radius 3 is 2.67 bits per heavy atom. The average molecular weight is 475 g/mol. The molecule has 0 saturated carbocycles. The Hall–Kier alpha value is -3.01. The van der Waals surface area contributed by atoms with E-state index in [1.807, 2.05) is 24.6 Å². The predicted octanol–water partition coefficient (Wildman–Crippen LogP) is 3.68. The number of fused-ring (bicyclic) bond motifs is 1. The third-order valence-corrected chi connectivity index (χ3v) is 7.87. The molecule has 33 heavy (non-hydrogen) atoms. The minimum atomic E-state index is -3.09. The first-order chi connectivity index (χ1) is 15.5. The number of hydrogen-bond donors (Lipinski definition) is 1. The number of benzene rings is 1. The summed E-state index contributed by atoms with van der Waals surface area (Å²) in [7, 11) is -3.09. The van der Waals surface area contributed by atoms with Crippen LogP contribution in [0.3, 0.4) is 0 Å². The molecule has 8 nitrogen and oxygen atoms in total. The first-order valence-electron chi connectivity index (χ1n) is 10.8. The lowest BCUT2D eigenvalue weighted by molar-refractivity contribution is 0.0860. The van der Waals surface area contributed by atoms with Crippen LogP contribution in [0.4, 0.5) is 4.39 Å². The van der Waals surface area contributed by atoms with Crippen molar-refractivity contribution in [2.24, 2.45) is 0 Å². The van der Waals surface area contributed by atoms with Crippen molar-refractivity contribution in [2.45, 2.75) is 52.1 Å². The van der Waals surface area contributed by atoms with Crippen LogP contribution in [0.1, 0.15) is 50.5 Å². The summed E-state index contributed by atoms with van der Waals surface area (Å²) in [5.74, 6) is -0.153. The maximum Gasteiger partial charge on any atom is 0.253 e. The van der Waals surface area contributed by atoms with E-state index in [-0.39, 0.29) is 23.5 Å². The lowest BCUT2D eigenvalue weighted by Crippen LogP contribution is -2.63. The van der Waals surface area contributed by atoms with Crippen molar-refractivity contribution in [3.05, 3.63) is 42.1 Å². The molecule has 0 radical (unpaired) electrons. The number of pyridine rings is 1. The summed E-state index contributed by atoms with van der Waals surface area (Å²) in [5.41, 5.74) is 2.16. The van der Waals surface area contributed by atoms with Crippen LogP contribution in [-0.2, 0) is 9.84 Å². The van der Waals surface area contributed by atoms with Crippen LogP contribution in [0, 0.1) is 0 Å². The van der Waals surface area contributed by atoms with Gasteiger partial charge in [-0.1, -0.05) is 19.1 Å². The summed E-state index contributed by atoms with van der Waals surface area (Å²) < 4.78 is 43.4. The maximum atomic E-state index is 13.3. The fraction of sp³-hybridized carbons (Fsp3) is 0.435. The van der Waals surface area contributed by atoms with Crippen molar-refractivity contribution in [2.75, 3.05) is 11.5 Å². The molecule has 2 atom stereocenters. The minimum absolute atomic E-state index is 0.0425. The molecule has 1 N–H and O–H groups in total. The fourth-order valence-electron chi connectivity index (χ4n) is 4.10. The number of carbonyl (C=O) groups is 1. The molecular weight excluding hydrogens is 447 g/mol. The second-order valence-electron chi connectivity index (χ2n) is 8.88. The van der Waals surface area contributed by atoms with Crippen molar-refractivity contribution in [3.8, 4) is 17.0 Å². The van der Waals surface area contributed by atoms with Crippen LogP contribution in [0.25, 0.3) is 22.3 Å². The van der Waals surface area contributed by atoms with Gasteiger partial charge in [-0.2, -0.15) is 5.10 Å². The number of aromatic nitrogens is 3. The first-order valence-corrected chi connectivity index (χ1v) is 12.6. The summed E-state index contributed by atoms with van der Waals surface area (Å²) in [5, 5.41) is 7.58. The number of hydrogen-bond acceptors (Lipinski definition) is 6. The van der Waals surface area contributed by atoms with Gasteiger partial charge in [-0.25, -0.2) is 12.8 Å². The van der Waals surface area contributed by atoms with Crippen LogP contribution >= 0.6 is 0 Å². The van der Waals surface area contributed by atoms with Gasteiger partial charge in [0.2, 0.25) is 6.36 Å². The van der Waals surface area contributed by atoms with Gasteiger partial charge in [-0.3, -0.25) is 14.5 Å². The normalized spacial score (nSPS) is 18.3. The molecule has 10 heteroatoms. The number of halogens is 1. The van der Waals surface area contributed by atoms with Crippen molar-refractivity contribution in [1.29, 1.82) is 0 Å². The maximum absolute atomic E-state index is 13.3. The number of rotatable bonds is 7. The standard InChI is InChI=1S/C23H27FN4O4S/c1-5-14(2)28-19-10-17(22(29)26-23(4)12-33(30,31)13-23)11-25-21(19)20(27-28)16-7-6-8-18(9-16)32-15(3)24/h6-11,14-15H,5,12-13H2,1-4H3,(H,26,29)/t14-,15?/m0/s1. The van der Waals surface area contributed by atoms with Gasteiger partial charge in [-0.15, -0.1) is 0 Å². The molecule has 1 amide bonds. The van der Waals surface area contributed by atoms with Crippen molar-refractivity contribution >= 4 is 26.8 Å². The fourth-order valence-corrected chi connectivity index (χ4v) is 6.10. The van der Waals surface area contributed by atoms with E-state index in [1.165, 1.54) is 13.1 Å². The molecular formula is C23H27FN4O4S. The second kappa shape index (κ2) is 8.40. The Labute approximate surface area is 192 Å². The molecule has 3 heterocycles. The Bertz CT molecular complexity index is 1310. The van der Waals surface area contributed by atoms with Crippen LogP contribution < -0.4 is 10.1 Å². The van der Waals surface area contributed by atoms with Crippen LogP contribution in [0.2, 0.25) is 0 Å². The van der Waals surface area contributed by atoms with Crippen molar-refractivity contribution < 1.29 is 22.3 Å². The number of sulfone groups is 1. The number of nitrogens with one attached hydrogen (secondary N) is 1. The lowest BCUT2D eigenvalue weighted by atomic mass is 10.1. The highest BCUT2D eigenvalue weighted by Gasteiger charge is 2.45. The van der Waals surface area contributed by atoms with E-state index in [9.17, 15) is 17.6 Å². The largest absolute Gasteiger partial charge is 0.461 e. The van der Waals surface area contributed by atoms with Crippen LogP contribution in [0.15, 0.2) is 36.5 Å². The smallest absolute Gasteiger partial charge is 0.253 e. The van der Waals surface area contributed by atoms with E-state index >= 15 is 0 Å². The molecule has 4 rings (SSSR count). The molecule has 1 aromatic carbocycles. The second-order valence-corrected chi connectivity index (χ2v) is 10.9. The van der Waals surface area contributed by atoms with Gasteiger partial charge < -0.3 is 10.1 Å². The van der Waals surface area contributed by atoms with Gasteiger partial charge in [0.1, 0.15) is 17.0 Å². The third kappa shape index (κ3) is 4.71. The number of alkyl halides is 1. The monoisotopic (exact) mass is 474 g/mol. The average Bonchev–Trinajstić information content (AvgIpc) is 3.10. The molecule has 2 aromatic heterocycles. The van der Waals surface area contributed by atoms with Gasteiger partial charge in [0.15, 0.2) is 9.84 Å². The molecule has 1 fully saturated rings. The molecule has 1 unspecified atom stereocenters. The van der Waals surface area contributed by atoms with E-state index in [2.05, 4.69) is 10.3 Å². The van der Waals surface area contributed by atoms with E-state index in [1.54, 1.807) is 31.2 Å². The highest BCUT2D eigenvalue weighted by molar-refractivity contribution is 7.93. The Balaban J connectivity index is 1.73. The molecule has 0 bridgehead atoms. The van der Waals surface area contributed by atoms with Gasteiger partial charge in [0.05, 0.1) is 28.1 Å². The van der Waals surface area contributed by atoms with E-state index in [4.69, 9.17) is 9.84 Å². The summed E-state index contributed by atoms with van der Waals surface area (Å²) in [4.78, 5) is 17.4. The highest BCUT2D eigenvalue weighted by atomic mass is 32.2. The minimum Gasteiger partial charge on any atom is -0.461 e. The number of carbonyl (C=O) groups excluding carboxylic acids is 1. The first kappa shape index (κ1) is 23.2. The third-order valence-electron chi connectivity index (χ3n) is 5.72. The van der Waals surface area contributed by atoms with E-state index in [0.29, 0.717) is 28.0 Å². The zero-order valence-electron chi connectivity index (χ0n) is 19.0. The lowest BCUT2D eigenvalue weighted by Gasteiger charge is -2.38. The zero-order valence-corrected chi connectivity index (χ0v) is 19.8. The molecule has 0 spiro atoms. The number of ether oxygens (including phenoxy) is 1. The molecule has 3 aromatic rings. The predicted molar refractivity (Wildman–Crippen MR) is 124 cm³/mol. The molecule has 0 aliphatic carbocycles. The summed E-state index contributed by atoms with van der Waals surface area (Å²) in [6.07, 6.45) is 0.830. The molecule has 1 aliphatic rings. The van der Waals surface area contributed by atoms with Crippen LogP contribution in [-0.4, -0.2) is 52.5 Å². The quantitative estimate of drug-likeness (QED) is 0.560.